The number of ether oxygens (including phenoxy) is 1. The van der Waals surface area contributed by atoms with Crippen LogP contribution in [0.25, 0.3) is 10.9 Å². The Hall–Kier alpha value is -1.47. The van der Waals surface area contributed by atoms with Gasteiger partial charge in [0.15, 0.2) is 5.82 Å². The maximum Gasteiger partial charge on any atom is 0.154 e. The lowest BCUT2D eigenvalue weighted by atomic mass is 10.1. The summed E-state index contributed by atoms with van der Waals surface area (Å²) in [6.45, 7) is 0.441. The molecule has 0 fully saturated rings. The smallest absolute Gasteiger partial charge is 0.154 e. The number of hydrogen-bond donors (Lipinski definition) is 2. The number of hydrogen-bond acceptors (Lipinski definition) is 3. The minimum Gasteiger partial charge on any atom is -0.489 e. The van der Waals surface area contributed by atoms with Crippen LogP contribution >= 0.6 is 34.2 Å². The van der Waals surface area contributed by atoms with Gasteiger partial charge in [-0.05, 0) is 52.9 Å². The number of nitrogen functional groups attached to an aromatic ring is 1. The van der Waals surface area contributed by atoms with E-state index in [1.165, 1.54) is 0 Å². The Kier molecular flexibility index (Phi) is 3.71. The van der Waals surface area contributed by atoms with Crippen molar-refractivity contribution >= 4 is 50.9 Å². The van der Waals surface area contributed by atoms with E-state index in [9.17, 15) is 0 Å². The summed E-state index contributed by atoms with van der Waals surface area (Å²) in [7, 11) is 0. The van der Waals surface area contributed by atoms with Gasteiger partial charge < -0.3 is 10.5 Å². The van der Waals surface area contributed by atoms with Crippen LogP contribution in [0, 0.1) is 3.57 Å². The SMILES string of the molecule is Nc1n[nH]c2c(COc3ccc(Cl)cc3)ccc(I)c12. The number of benzene rings is 2. The third-order valence-corrected chi connectivity index (χ3v) is 4.14. The van der Waals surface area contributed by atoms with Crippen LogP contribution in [0.2, 0.25) is 5.02 Å². The third-order valence-electron chi connectivity index (χ3n) is 2.99. The molecule has 20 heavy (non-hydrogen) atoms. The molecule has 2 aromatic carbocycles. The van der Waals surface area contributed by atoms with Crippen molar-refractivity contribution in [3.63, 3.8) is 0 Å². The van der Waals surface area contributed by atoms with Crippen molar-refractivity contribution in [3.05, 3.63) is 50.6 Å². The summed E-state index contributed by atoms with van der Waals surface area (Å²) in [6.07, 6.45) is 0. The lowest BCUT2D eigenvalue weighted by molar-refractivity contribution is 0.307. The van der Waals surface area contributed by atoms with Crippen molar-refractivity contribution in [3.8, 4) is 5.75 Å². The monoisotopic (exact) mass is 399 g/mol. The van der Waals surface area contributed by atoms with Crippen molar-refractivity contribution in [2.45, 2.75) is 6.61 Å². The standard InChI is InChI=1S/C14H11ClIN3O/c15-9-2-4-10(5-3-9)20-7-8-1-6-11(16)12-13(8)18-19-14(12)17/h1-6H,7H2,(H3,17,18,19). The van der Waals surface area contributed by atoms with Crippen molar-refractivity contribution in [1.29, 1.82) is 0 Å². The molecule has 102 valence electrons. The highest BCUT2D eigenvalue weighted by Gasteiger charge is 2.11. The molecule has 0 saturated heterocycles. The zero-order chi connectivity index (χ0) is 14.1. The van der Waals surface area contributed by atoms with Gasteiger partial charge in [-0.3, -0.25) is 5.10 Å². The van der Waals surface area contributed by atoms with Gasteiger partial charge in [-0.2, -0.15) is 5.10 Å². The summed E-state index contributed by atoms with van der Waals surface area (Å²) in [5.41, 5.74) is 7.80. The number of nitrogens with two attached hydrogens (primary N) is 1. The molecule has 0 atom stereocenters. The topological polar surface area (TPSA) is 63.9 Å². The summed E-state index contributed by atoms with van der Waals surface area (Å²) < 4.78 is 6.82. The zero-order valence-electron chi connectivity index (χ0n) is 10.4. The van der Waals surface area contributed by atoms with Gasteiger partial charge >= 0.3 is 0 Å². The van der Waals surface area contributed by atoms with Crippen molar-refractivity contribution in [2.75, 3.05) is 5.73 Å². The predicted molar refractivity (Wildman–Crippen MR) is 89.0 cm³/mol. The molecule has 0 amide bonds. The first kappa shape index (κ1) is 13.5. The summed E-state index contributed by atoms with van der Waals surface area (Å²) in [5, 5.41) is 8.66. The Bertz CT molecular complexity index is 755. The fourth-order valence-electron chi connectivity index (χ4n) is 1.98. The predicted octanol–water partition coefficient (Wildman–Crippen LogP) is 3.98. The van der Waals surface area contributed by atoms with Gasteiger partial charge in [-0.15, -0.1) is 0 Å². The molecule has 0 aliphatic carbocycles. The molecule has 3 N–H and O–H groups in total. The van der Waals surface area contributed by atoms with E-state index in [-0.39, 0.29) is 0 Å². The maximum atomic E-state index is 5.87. The van der Waals surface area contributed by atoms with Crippen LogP contribution in [0.1, 0.15) is 5.56 Å². The summed E-state index contributed by atoms with van der Waals surface area (Å²) in [6, 6.07) is 11.3. The van der Waals surface area contributed by atoms with Crippen LogP contribution < -0.4 is 10.5 Å². The molecule has 0 aliphatic rings. The van der Waals surface area contributed by atoms with Crippen molar-refractivity contribution < 1.29 is 4.74 Å². The Labute approximate surface area is 134 Å². The lowest BCUT2D eigenvalue weighted by Gasteiger charge is -2.08. The molecule has 4 nitrogen and oxygen atoms in total. The van der Waals surface area contributed by atoms with Crippen LogP contribution in [0.3, 0.4) is 0 Å². The normalized spacial score (nSPS) is 10.9. The Balaban J connectivity index is 1.88. The van der Waals surface area contributed by atoms with Gasteiger partial charge in [-0.1, -0.05) is 17.7 Å². The number of nitrogens with zero attached hydrogens (tertiary/aromatic N) is 1. The first-order valence-corrected chi connectivity index (χ1v) is 7.40. The highest BCUT2D eigenvalue weighted by atomic mass is 127. The number of halogens is 2. The van der Waals surface area contributed by atoms with Gasteiger partial charge in [0.2, 0.25) is 0 Å². The van der Waals surface area contributed by atoms with Crippen molar-refractivity contribution in [1.82, 2.24) is 10.2 Å². The molecule has 0 bridgehead atoms. The van der Waals surface area contributed by atoms with Gasteiger partial charge in [-0.25, -0.2) is 0 Å². The van der Waals surface area contributed by atoms with Crippen LogP contribution in [0.5, 0.6) is 5.75 Å². The largest absolute Gasteiger partial charge is 0.489 e. The average molecular weight is 400 g/mol. The molecule has 0 aliphatic heterocycles. The fraction of sp³-hybridized carbons (Fsp3) is 0.0714. The maximum absolute atomic E-state index is 5.87. The second-order valence-electron chi connectivity index (χ2n) is 4.31. The second kappa shape index (κ2) is 5.49. The molecule has 0 unspecified atom stereocenters. The quantitative estimate of drug-likeness (QED) is 0.655. The van der Waals surface area contributed by atoms with E-state index in [1.807, 2.05) is 24.3 Å². The first-order chi connectivity index (χ1) is 9.65. The number of rotatable bonds is 3. The van der Waals surface area contributed by atoms with E-state index in [4.69, 9.17) is 22.1 Å². The van der Waals surface area contributed by atoms with E-state index in [0.29, 0.717) is 17.4 Å². The van der Waals surface area contributed by atoms with Gasteiger partial charge in [0.25, 0.3) is 0 Å². The minimum atomic E-state index is 0.441. The van der Waals surface area contributed by atoms with Gasteiger partial charge in [0.1, 0.15) is 12.4 Å². The molecule has 0 saturated carbocycles. The summed E-state index contributed by atoms with van der Waals surface area (Å²) >= 11 is 8.09. The van der Waals surface area contributed by atoms with E-state index in [0.717, 1.165) is 25.8 Å². The number of aromatic amines is 1. The summed E-state index contributed by atoms with van der Waals surface area (Å²) in [5.74, 6) is 1.28. The van der Waals surface area contributed by atoms with E-state index in [1.54, 1.807) is 12.1 Å². The Morgan fingerprint density at radius 1 is 1.20 bits per heavy atom. The minimum absolute atomic E-state index is 0.441. The Morgan fingerprint density at radius 3 is 2.70 bits per heavy atom. The molecule has 1 heterocycles. The second-order valence-corrected chi connectivity index (χ2v) is 5.91. The fourth-order valence-corrected chi connectivity index (χ4v) is 2.83. The number of nitrogens with one attached hydrogen (secondary N) is 1. The molecule has 1 aromatic heterocycles. The number of H-pyrrole nitrogens is 1. The highest BCUT2D eigenvalue weighted by Crippen LogP contribution is 2.27. The van der Waals surface area contributed by atoms with Crippen LogP contribution in [0.4, 0.5) is 5.82 Å². The lowest BCUT2D eigenvalue weighted by Crippen LogP contribution is -1.97. The molecule has 0 spiro atoms. The average Bonchev–Trinajstić information content (AvgIpc) is 2.83. The van der Waals surface area contributed by atoms with Crippen LogP contribution in [-0.2, 0) is 6.61 Å². The van der Waals surface area contributed by atoms with Crippen LogP contribution in [-0.4, -0.2) is 10.2 Å². The molecular formula is C14H11ClIN3O. The van der Waals surface area contributed by atoms with E-state index in [2.05, 4.69) is 32.8 Å². The molecular weight excluding hydrogens is 389 g/mol. The molecule has 6 heteroatoms. The zero-order valence-corrected chi connectivity index (χ0v) is 13.3. The van der Waals surface area contributed by atoms with E-state index >= 15 is 0 Å². The van der Waals surface area contributed by atoms with Gasteiger partial charge in [0, 0.05) is 14.2 Å². The Morgan fingerprint density at radius 2 is 1.95 bits per heavy atom. The summed E-state index contributed by atoms with van der Waals surface area (Å²) in [4.78, 5) is 0. The number of anilines is 1. The molecule has 3 aromatic rings. The first-order valence-electron chi connectivity index (χ1n) is 5.94. The third kappa shape index (κ3) is 2.55. The molecule has 3 rings (SSSR count). The van der Waals surface area contributed by atoms with Crippen LogP contribution in [0.15, 0.2) is 36.4 Å². The number of fused-ring (bicyclic) bond motifs is 1. The number of aromatic nitrogens is 2. The highest BCUT2D eigenvalue weighted by molar-refractivity contribution is 14.1. The van der Waals surface area contributed by atoms with Crippen molar-refractivity contribution in [2.24, 2.45) is 0 Å². The molecule has 0 radical (unpaired) electrons. The van der Waals surface area contributed by atoms with E-state index < -0.39 is 0 Å². The van der Waals surface area contributed by atoms with Gasteiger partial charge in [0.05, 0.1) is 10.9 Å².